The predicted molar refractivity (Wildman–Crippen MR) is 106 cm³/mol. The number of nitrogens with two attached hydrogens (primary N) is 1. The fraction of sp³-hybridized carbons (Fsp3) is 0.500. The van der Waals surface area contributed by atoms with Gasteiger partial charge < -0.3 is 25.4 Å². The highest BCUT2D eigenvalue weighted by molar-refractivity contribution is 14.0. The number of likely N-dealkylation sites (tertiary alicyclic amines) is 1. The molecule has 8 heteroatoms. The molecule has 0 unspecified atom stereocenters. The van der Waals surface area contributed by atoms with E-state index in [1.165, 1.54) is 0 Å². The molecule has 24 heavy (non-hydrogen) atoms. The second-order valence-electron chi connectivity index (χ2n) is 5.30. The maximum absolute atomic E-state index is 11.9. The van der Waals surface area contributed by atoms with E-state index in [0.29, 0.717) is 24.5 Å². The first-order valence-electron chi connectivity index (χ1n) is 7.71. The molecule has 1 heterocycles. The van der Waals surface area contributed by atoms with Crippen LogP contribution in [0, 0.1) is 0 Å². The Morgan fingerprint density at radius 1 is 1.25 bits per heavy atom. The average molecular weight is 448 g/mol. The van der Waals surface area contributed by atoms with Crippen molar-refractivity contribution in [3.05, 3.63) is 18.2 Å². The van der Waals surface area contributed by atoms with Crippen LogP contribution in [-0.4, -0.2) is 50.6 Å². The number of hydrogen-bond donors (Lipinski definition) is 2. The van der Waals surface area contributed by atoms with Crippen molar-refractivity contribution in [1.82, 2.24) is 4.90 Å². The van der Waals surface area contributed by atoms with Gasteiger partial charge in [-0.3, -0.25) is 9.79 Å². The van der Waals surface area contributed by atoms with Crippen LogP contribution in [0.1, 0.15) is 19.3 Å². The van der Waals surface area contributed by atoms with Crippen molar-refractivity contribution >= 4 is 41.5 Å². The third-order valence-electron chi connectivity index (χ3n) is 3.72. The fourth-order valence-electron chi connectivity index (χ4n) is 2.50. The maximum atomic E-state index is 11.9. The molecule has 3 N–H and O–H groups in total. The SMILES string of the molecule is COc1ccc(NC(N)=NCCC(=O)N2CCCC2)cc1OC.I. The molecule has 7 nitrogen and oxygen atoms in total. The van der Waals surface area contributed by atoms with Crippen LogP contribution < -0.4 is 20.5 Å². The van der Waals surface area contributed by atoms with Gasteiger partial charge in [-0.25, -0.2) is 0 Å². The van der Waals surface area contributed by atoms with Crippen LogP contribution in [0.4, 0.5) is 5.69 Å². The second kappa shape index (κ2) is 10.2. The highest BCUT2D eigenvalue weighted by Crippen LogP contribution is 2.29. The standard InChI is InChI=1S/C16H24N4O3.HI/c1-22-13-6-5-12(11-14(13)23-2)19-16(17)18-8-7-15(21)20-9-3-4-10-20;/h5-6,11H,3-4,7-10H2,1-2H3,(H3,17,18,19);1H. The van der Waals surface area contributed by atoms with Crippen molar-refractivity contribution in [2.24, 2.45) is 10.7 Å². The minimum atomic E-state index is 0. The van der Waals surface area contributed by atoms with Crippen molar-refractivity contribution in [2.75, 3.05) is 39.2 Å². The second-order valence-corrected chi connectivity index (χ2v) is 5.30. The molecule has 0 aromatic heterocycles. The minimum absolute atomic E-state index is 0. The number of benzene rings is 1. The Bertz CT molecular complexity index is 574. The van der Waals surface area contributed by atoms with Crippen LogP contribution in [0.15, 0.2) is 23.2 Å². The third kappa shape index (κ3) is 5.73. The van der Waals surface area contributed by atoms with Crippen molar-refractivity contribution in [2.45, 2.75) is 19.3 Å². The van der Waals surface area contributed by atoms with Crippen LogP contribution >= 0.6 is 24.0 Å². The largest absolute Gasteiger partial charge is 0.493 e. The normalized spacial score (nSPS) is 14.1. The molecule has 0 saturated carbocycles. The first-order valence-corrected chi connectivity index (χ1v) is 7.71. The minimum Gasteiger partial charge on any atom is -0.493 e. The number of guanidine groups is 1. The Balaban J connectivity index is 0.00000288. The maximum Gasteiger partial charge on any atom is 0.224 e. The molecule has 0 aliphatic carbocycles. The molecule has 0 atom stereocenters. The topological polar surface area (TPSA) is 89.2 Å². The summed E-state index contributed by atoms with van der Waals surface area (Å²) in [5, 5.41) is 2.98. The lowest BCUT2D eigenvalue weighted by Gasteiger charge is -2.14. The number of nitrogens with zero attached hydrogens (tertiary/aromatic N) is 2. The van der Waals surface area contributed by atoms with Crippen LogP contribution in [0.5, 0.6) is 11.5 Å². The lowest BCUT2D eigenvalue weighted by Crippen LogP contribution is -2.28. The van der Waals surface area contributed by atoms with E-state index in [1.54, 1.807) is 26.4 Å². The molecule has 0 spiro atoms. The summed E-state index contributed by atoms with van der Waals surface area (Å²) >= 11 is 0. The summed E-state index contributed by atoms with van der Waals surface area (Å²) in [6.07, 6.45) is 2.57. The molecule has 134 valence electrons. The highest BCUT2D eigenvalue weighted by atomic mass is 127. The van der Waals surface area contributed by atoms with Crippen molar-refractivity contribution in [1.29, 1.82) is 0 Å². The van der Waals surface area contributed by atoms with E-state index in [1.807, 2.05) is 11.0 Å². The number of carbonyl (C=O) groups excluding carboxylic acids is 1. The summed E-state index contributed by atoms with van der Waals surface area (Å²) in [4.78, 5) is 18.0. The predicted octanol–water partition coefficient (Wildman–Crippen LogP) is 2.06. The Hall–Kier alpha value is -1.71. The van der Waals surface area contributed by atoms with Gasteiger partial charge in [-0.05, 0) is 25.0 Å². The zero-order valence-corrected chi connectivity index (χ0v) is 16.4. The number of rotatable bonds is 6. The summed E-state index contributed by atoms with van der Waals surface area (Å²) in [6, 6.07) is 5.38. The fourth-order valence-corrected chi connectivity index (χ4v) is 2.50. The number of ether oxygens (including phenoxy) is 2. The Kier molecular flexibility index (Phi) is 8.66. The first-order chi connectivity index (χ1) is 11.1. The van der Waals surface area contributed by atoms with E-state index in [2.05, 4.69) is 10.3 Å². The number of methoxy groups -OCH3 is 2. The van der Waals surface area contributed by atoms with Crippen LogP contribution in [0.2, 0.25) is 0 Å². The summed E-state index contributed by atoms with van der Waals surface area (Å²) in [5.74, 6) is 1.66. The number of anilines is 1. The lowest BCUT2D eigenvalue weighted by molar-refractivity contribution is -0.129. The monoisotopic (exact) mass is 448 g/mol. The van der Waals surface area contributed by atoms with E-state index in [9.17, 15) is 4.79 Å². The van der Waals surface area contributed by atoms with Crippen molar-refractivity contribution < 1.29 is 14.3 Å². The van der Waals surface area contributed by atoms with E-state index >= 15 is 0 Å². The molecular formula is C16H25IN4O3. The molecule has 1 saturated heterocycles. The van der Waals surface area contributed by atoms with Gasteiger partial charge in [0.1, 0.15) is 0 Å². The van der Waals surface area contributed by atoms with E-state index in [0.717, 1.165) is 31.6 Å². The summed E-state index contributed by atoms with van der Waals surface area (Å²) in [6.45, 7) is 2.10. The number of aliphatic imine (C=N–C) groups is 1. The Morgan fingerprint density at radius 2 is 1.92 bits per heavy atom. The molecular weight excluding hydrogens is 423 g/mol. The Labute approximate surface area is 159 Å². The smallest absolute Gasteiger partial charge is 0.224 e. The number of halogens is 1. The zero-order chi connectivity index (χ0) is 16.7. The van der Waals surface area contributed by atoms with Gasteiger partial charge in [-0.15, -0.1) is 24.0 Å². The molecule has 1 aliphatic rings. The van der Waals surface area contributed by atoms with Gasteiger partial charge in [-0.1, -0.05) is 0 Å². The van der Waals surface area contributed by atoms with Gasteiger partial charge in [0.15, 0.2) is 17.5 Å². The van der Waals surface area contributed by atoms with E-state index in [4.69, 9.17) is 15.2 Å². The van der Waals surface area contributed by atoms with Gasteiger partial charge in [-0.2, -0.15) is 0 Å². The van der Waals surface area contributed by atoms with Gasteiger partial charge in [0.25, 0.3) is 0 Å². The average Bonchev–Trinajstić information content (AvgIpc) is 3.09. The summed E-state index contributed by atoms with van der Waals surface area (Å²) in [7, 11) is 3.15. The molecule has 1 amide bonds. The van der Waals surface area contributed by atoms with Crippen LogP contribution in [0.3, 0.4) is 0 Å². The molecule has 2 rings (SSSR count). The number of amides is 1. The summed E-state index contributed by atoms with van der Waals surface area (Å²) in [5.41, 5.74) is 6.59. The highest BCUT2D eigenvalue weighted by Gasteiger charge is 2.16. The van der Waals surface area contributed by atoms with Gasteiger partial charge in [0.05, 0.1) is 20.8 Å². The summed E-state index contributed by atoms with van der Waals surface area (Å²) < 4.78 is 10.4. The lowest BCUT2D eigenvalue weighted by atomic mass is 10.3. The Morgan fingerprint density at radius 3 is 2.54 bits per heavy atom. The number of carbonyl (C=O) groups is 1. The molecule has 1 aliphatic heterocycles. The van der Waals surface area contributed by atoms with E-state index < -0.39 is 0 Å². The van der Waals surface area contributed by atoms with E-state index in [-0.39, 0.29) is 35.8 Å². The molecule has 0 radical (unpaired) electrons. The van der Waals surface area contributed by atoms with Crippen LogP contribution in [-0.2, 0) is 4.79 Å². The van der Waals surface area contributed by atoms with Crippen molar-refractivity contribution in [3.63, 3.8) is 0 Å². The first kappa shape index (κ1) is 20.3. The molecule has 1 aromatic carbocycles. The van der Waals surface area contributed by atoms with Crippen molar-refractivity contribution in [3.8, 4) is 11.5 Å². The molecule has 1 aromatic rings. The van der Waals surface area contributed by atoms with Gasteiger partial charge in [0, 0.05) is 31.3 Å². The molecule has 1 fully saturated rings. The zero-order valence-electron chi connectivity index (χ0n) is 14.1. The number of hydrogen-bond acceptors (Lipinski definition) is 4. The van der Waals surface area contributed by atoms with Gasteiger partial charge >= 0.3 is 0 Å². The van der Waals surface area contributed by atoms with Crippen LogP contribution in [0.25, 0.3) is 0 Å². The molecule has 0 bridgehead atoms. The van der Waals surface area contributed by atoms with Gasteiger partial charge in [0.2, 0.25) is 5.91 Å². The number of nitrogens with one attached hydrogen (secondary N) is 1. The quantitative estimate of drug-likeness (QED) is 0.395. The third-order valence-corrected chi connectivity index (χ3v) is 3.72.